The fourth-order valence-electron chi connectivity index (χ4n) is 3.50. The van der Waals surface area contributed by atoms with E-state index in [0.717, 1.165) is 18.2 Å². The molecule has 0 aliphatic carbocycles. The Balaban J connectivity index is 1.54. The van der Waals surface area contributed by atoms with E-state index >= 15 is 0 Å². The molecule has 3 aromatic carbocycles. The first kappa shape index (κ1) is 25.5. The van der Waals surface area contributed by atoms with Crippen LogP contribution >= 0.6 is 0 Å². The average molecular weight is 514 g/mol. The zero-order chi connectivity index (χ0) is 27.1. The minimum Gasteiger partial charge on any atom is -0.496 e. The summed E-state index contributed by atoms with van der Waals surface area (Å²) in [6, 6.07) is 18.6. The van der Waals surface area contributed by atoms with Crippen LogP contribution in [-0.2, 0) is 6.61 Å². The molecule has 4 rings (SSSR count). The van der Waals surface area contributed by atoms with Crippen molar-refractivity contribution in [1.29, 1.82) is 5.26 Å². The predicted molar refractivity (Wildman–Crippen MR) is 137 cm³/mol. The Bertz CT molecular complexity index is 1620. The molecule has 0 bridgehead atoms. The van der Waals surface area contributed by atoms with E-state index in [9.17, 15) is 24.6 Å². The van der Waals surface area contributed by atoms with E-state index in [2.05, 4.69) is 20.5 Å². The maximum absolute atomic E-state index is 13.6. The van der Waals surface area contributed by atoms with Gasteiger partial charge in [0.1, 0.15) is 29.8 Å². The average Bonchev–Trinajstić information content (AvgIpc) is 2.92. The van der Waals surface area contributed by atoms with Gasteiger partial charge in [-0.25, -0.2) is 14.8 Å². The molecule has 0 unspecified atom stereocenters. The van der Waals surface area contributed by atoms with Crippen LogP contribution in [0.4, 0.5) is 16.0 Å². The summed E-state index contributed by atoms with van der Waals surface area (Å²) in [5.41, 5.74) is 3.45. The number of nitrogens with one attached hydrogen (secondary N) is 2. The smallest absolute Gasteiger partial charge is 0.311 e. The molecule has 0 aliphatic heterocycles. The molecule has 4 aromatic rings. The van der Waals surface area contributed by atoms with Crippen LogP contribution in [-0.4, -0.2) is 28.2 Å². The van der Waals surface area contributed by atoms with Crippen LogP contribution < -0.4 is 20.5 Å². The monoisotopic (exact) mass is 514 g/mol. The van der Waals surface area contributed by atoms with Crippen LogP contribution in [0.15, 0.2) is 76.6 Å². The number of nitro benzene ring substituents is 1. The van der Waals surface area contributed by atoms with Crippen LogP contribution in [0.2, 0.25) is 0 Å². The predicted octanol–water partition coefficient (Wildman–Crippen LogP) is 4.39. The van der Waals surface area contributed by atoms with Gasteiger partial charge in [-0.3, -0.25) is 19.9 Å². The van der Waals surface area contributed by atoms with Crippen molar-refractivity contribution in [3.05, 3.63) is 110 Å². The van der Waals surface area contributed by atoms with E-state index < -0.39 is 16.3 Å². The second-order valence-electron chi connectivity index (χ2n) is 7.72. The second kappa shape index (κ2) is 11.4. The molecule has 2 N–H and O–H groups in total. The Morgan fingerprint density at radius 2 is 1.97 bits per heavy atom. The van der Waals surface area contributed by atoms with Crippen LogP contribution in [0.25, 0.3) is 11.3 Å². The van der Waals surface area contributed by atoms with Crippen molar-refractivity contribution in [3.63, 3.8) is 0 Å². The topological polar surface area (TPSA) is 156 Å². The number of methoxy groups -OCH3 is 1. The molecular weight excluding hydrogens is 495 g/mol. The molecule has 0 fully saturated rings. The first-order valence-electron chi connectivity index (χ1n) is 11.0. The number of hydrogen-bond acceptors (Lipinski definition) is 9. The number of halogens is 1. The van der Waals surface area contributed by atoms with E-state index in [1.165, 1.54) is 13.3 Å². The van der Waals surface area contributed by atoms with Crippen LogP contribution in [0.3, 0.4) is 0 Å². The summed E-state index contributed by atoms with van der Waals surface area (Å²) >= 11 is 0. The molecule has 11 nitrogen and oxygen atoms in total. The first-order chi connectivity index (χ1) is 18.4. The number of hydrazone groups is 1. The Kier molecular flexibility index (Phi) is 7.69. The summed E-state index contributed by atoms with van der Waals surface area (Å²) in [4.78, 5) is 29.7. The summed E-state index contributed by atoms with van der Waals surface area (Å²) in [5, 5.41) is 24.7. The van der Waals surface area contributed by atoms with Crippen molar-refractivity contribution in [2.75, 3.05) is 12.5 Å². The third kappa shape index (κ3) is 5.80. The molecule has 1 heterocycles. The van der Waals surface area contributed by atoms with Crippen molar-refractivity contribution in [2.45, 2.75) is 6.61 Å². The number of H-pyrrole nitrogens is 1. The summed E-state index contributed by atoms with van der Waals surface area (Å²) in [7, 11) is 1.45. The van der Waals surface area contributed by atoms with Gasteiger partial charge in [0, 0.05) is 23.3 Å². The summed E-state index contributed by atoms with van der Waals surface area (Å²) in [5.74, 6) is -0.420. The molecule has 0 saturated heterocycles. The lowest BCUT2D eigenvalue weighted by atomic mass is 10.1. The number of benzene rings is 3. The van der Waals surface area contributed by atoms with Crippen LogP contribution in [0.1, 0.15) is 16.7 Å². The van der Waals surface area contributed by atoms with Gasteiger partial charge in [-0.05, 0) is 29.8 Å². The fraction of sp³-hybridized carbons (Fsp3) is 0.0769. The van der Waals surface area contributed by atoms with Gasteiger partial charge in [-0.15, -0.1) is 0 Å². The highest BCUT2D eigenvalue weighted by atomic mass is 19.1. The highest BCUT2D eigenvalue weighted by molar-refractivity contribution is 5.81. The summed E-state index contributed by atoms with van der Waals surface area (Å²) in [6.45, 7) is -0.145. The van der Waals surface area contributed by atoms with E-state index in [1.807, 2.05) is 6.07 Å². The third-order valence-electron chi connectivity index (χ3n) is 5.27. The highest BCUT2D eigenvalue weighted by Crippen LogP contribution is 2.29. The molecule has 0 radical (unpaired) electrons. The lowest BCUT2D eigenvalue weighted by Gasteiger charge is -2.11. The molecule has 190 valence electrons. The summed E-state index contributed by atoms with van der Waals surface area (Å²) < 4.78 is 24.5. The van der Waals surface area contributed by atoms with Gasteiger partial charge in [0.2, 0.25) is 5.95 Å². The van der Waals surface area contributed by atoms with Crippen molar-refractivity contribution >= 4 is 17.9 Å². The Hall–Kier alpha value is -5.57. The highest BCUT2D eigenvalue weighted by Gasteiger charge is 2.17. The van der Waals surface area contributed by atoms with E-state index in [4.69, 9.17) is 9.47 Å². The number of aromatic amines is 1. The van der Waals surface area contributed by atoms with E-state index in [-0.39, 0.29) is 35.2 Å². The molecular formula is C26H19FN6O5. The SMILES string of the molecule is COc1ccc(C=NNc2nc(-c3ccccc3)c(C#N)c(=O)[nH]2)cc1COc1cc(F)ccc1[N+](=O)[O-]. The largest absolute Gasteiger partial charge is 0.496 e. The zero-order valence-corrected chi connectivity index (χ0v) is 19.8. The molecule has 12 heteroatoms. The number of anilines is 1. The number of nitriles is 1. The summed E-state index contributed by atoms with van der Waals surface area (Å²) in [6.07, 6.45) is 1.44. The second-order valence-corrected chi connectivity index (χ2v) is 7.72. The number of rotatable bonds is 9. The van der Waals surface area contributed by atoms with Gasteiger partial charge in [0.25, 0.3) is 5.56 Å². The molecule has 0 amide bonds. The molecule has 0 saturated carbocycles. The van der Waals surface area contributed by atoms with Crippen LogP contribution in [0, 0.1) is 27.3 Å². The lowest BCUT2D eigenvalue weighted by molar-refractivity contribution is -0.386. The maximum Gasteiger partial charge on any atom is 0.311 e. The number of nitrogens with zero attached hydrogens (tertiary/aromatic N) is 4. The minimum absolute atomic E-state index is 0.0274. The number of ether oxygens (including phenoxy) is 2. The van der Waals surface area contributed by atoms with Crippen LogP contribution in [0.5, 0.6) is 11.5 Å². The Morgan fingerprint density at radius 1 is 1.18 bits per heavy atom. The lowest BCUT2D eigenvalue weighted by Crippen LogP contribution is -2.16. The molecule has 1 aromatic heterocycles. The fourth-order valence-corrected chi connectivity index (χ4v) is 3.50. The van der Waals surface area contributed by atoms with Gasteiger partial charge in [0.05, 0.1) is 23.9 Å². The van der Waals surface area contributed by atoms with Crippen molar-refractivity contribution in [1.82, 2.24) is 9.97 Å². The van der Waals surface area contributed by atoms with Gasteiger partial charge >= 0.3 is 5.69 Å². The van der Waals surface area contributed by atoms with Crippen molar-refractivity contribution < 1.29 is 18.8 Å². The van der Waals surface area contributed by atoms with E-state index in [0.29, 0.717) is 22.4 Å². The number of nitro groups is 1. The van der Waals surface area contributed by atoms with Gasteiger partial charge in [0.15, 0.2) is 5.75 Å². The molecule has 0 aliphatic rings. The Labute approximate surface area is 215 Å². The van der Waals surface area contributed by atoms with Crippen molar-refractivity contribution in [3.8, 4) is 28.8 Å². The maximum atomic E-state index is 13.6. The van der Waals surface area contributed by atoms with E-state index in [1.54, 1.807) is 48.5 Å². The first-order valence-corrected chi connectivity index (χ1v) is 11.0. The van der Waals surface area contributed by atoms with Gasteiger partial charge in [-0.2, -0.15) is 10.4 Å². The third-order valence-corrected chi connectivity index (χ3v) is 5.27. The standard InChI is InChI=1S/C26H19FN6O5/c1-37-22-10-7-16(11-18(22)15-38-23-12-19(27)8-9-21(23)33(35)36)14-29-32-26-30-24(17-5-3-2-4-6-17)20(13-28)25(34)31-26/h2-12,14H,15H2,1H3,(H2,30,31,32,34). The molecule has 0 atom stereocenters. The quantitative estimate of drug-likeness (QED) is 0.189. The van der Waals surface area contributed by atoms with Crippen molar-refractivity contribution in [2.24, 2.45) is 5.10 Å². The zero-order valence-electron chi connectivity index (χ0n) is 19.8. The van der Waals surface area contributed by atoms with Gasteiger partial charge in [-0.1, -0.05) is 30.3 Å². The number of hydrogen-bond donors (Lipinski definition) is 2. The molecule has 38 heavy (non-hydrogen) atoms. The minimum atomic E-state index is -0.672. The normalized spacial score (nSPS) is 10.7. The Morgan fingerprint density at radius 3 is 2.68 bits per heavy atom. The molecule has 0 spiro atoms. The number of aromatic nitrogens is 2. The van der Waals surface area contributed by atoms with Gasteiger partial charge < -0.3 is 9.47 Å².